The van der Waals surface area contributed by atoms with E-state index in [2.05, 4.69) is 0 Å². The van der Waals surface area contributed by atoms with E-state index in [1.54, 1.807) is 12.1 Å². The van der Waals surface area contributed by atoms with Crippen LogP contribution in [0, 0.1) is 0 Å². The van der Waals surface area contributed by atoms with Crippen LogP contribution in [-0.2, 0) is 4.79 Å². The van der Waals surface area contributed by atoms with Crippen molar-refractivity contribution in [2.75, 3.05) is 0 Å². The number of ketones is 2. The molecule has 0 heterocycles. The number of carbonyl (C=O) groups excluding carboxylic acids is 2. The highest BCUT2D eigenvalue weighted by Gasteiger charge is 2.39. The lowest BCUT2D eigenvalue weighted by Crippen LogP contribution is -2.25. The molecule has 0 fully saturated rings. The average Bonchev–Trinajstić information content (AvgIpc) is 2.58. The fourth-order valence-corrected chi connectivity index (χ4v) is 2.77. The molecule has 0 atom stereocenters. The van der Waals surface area contributed by atoms with Crippen LogP contribution in [0.1, 0.15) is 16.8 Å². The van der Waals surface area contributed by atoms with E-state index >= 15 is 0 Å². The Kier molecular flexibility index (Phi) is 4.35. The van der Waals surface area contributed by atoms with Gasteiger partial charge in [0.05, 0.1) is 6.42 Å². The predicted molar refractivity (Wildman–Crippen MR) is 89.1 cm³/mol. The van der Waals surface area contributed by atoms with Gasteiger partial charge < -0.3 is 5.02 Å². The summed E-state index contributed by atoms with van der Waals surface area (Å²) in [6.07, 6.45) is -6.25. The summed E-state index contributed by atoms with van der Waals surface area (Å²) in [4.78, 5) is 23.0. The molecule has 3 nitrogen and oxygen atoms in total. The summed E-state index contributed by atoms with van der Waals surface area (Å²) in [5.74, 6) is -2.97. The van der Waals surface area contributed by atoms with E-state index in [0.717, 1.165) is 18.3 Å². The van der Waals surface area contributed by atoms with Crippen molar-refractivity contribution in [1.29, 1.82) is 0 Å². The molecule has 0 unspecified atom stereocenters. The minimum Gasteiger partial charge on any atom is -0.450 e. The maximum atomic E-state index is 12.3. The molecular weight excluding hydrogens is 332 g/mol. The lowest BCUT2D eigenvalue weighted by molar-refractivity contribution is -0.170. The lowest BCUT2D eigenvalue weighted by Gasteiger charge is -2.10. The van der Waals surface area contributed by atoms with Crippen LogP contribution in [0.2, 0.25) is 0 Å². The van der Waals surface area contributed by atoms with E-state index in [1.165, 1.54) is 12.1 Å². The standard InChI is InChI=1S/C18H11BF3O3/c20-18(21,22)16(24)9-15(23)11-5-6-14-12(8-11)7-10-3-1-2-4-13(10)17(14)19-25/h1-8,25H,9H2. The fraction of sp³-hybridized carbons (Fsp3) is 0.111. The highest BCUT2D eigenvalue weighted by Crippen LogP contribution is 2.24. The van der Waals surface area contributed by atoms with Crippen molar-refractivity contribution in [2.24, 2.45) is 0 Å². The summed E-state index contributed by atoms with van der Waals surface area (Å²) < 4.78 is 37.0. The van der Waals surface area contributed by atoms with E-state index in [1.807, 2.05) is 24.3 Å². The number of fused-ring (bicyclic) bond motifs is 2. The zero-order valence-corrected chi connectivity index (χ0v) is 12.8. The van der Waals surface area contributed by atoms with E-state index in [0.29, 0.717) is 16.2 Å². The SMILES string of the molecule is O=C(CC(=O)C(F)(F)F)c1ccc2c([B]O)c3ccccc3cc2c1. The van der Waals surface area contributed by atoms with E-state index < -0.39 is 24.2 Å². The third kappa shape index (κ3) is 3.28. The molecule has 3 aromatic carbocycles. The van der Waals surface area contributed by atoms with Gasteiger partial charge in [-0.3, -0.25) is 9.59 Å². The van der Waals surface area contributed by atoms with Crippen molar-refractivity contribution in [3.8, 4) is 0 Å². The second-order valence-electron chi connectivity index (χ2n) is 5.60. The lowest BCUT2D eigenvalue weighted by atomic mass is 9.80. The van der Waals surface area contributed by atoms with Crippen LogP contribution in [0.25, 0.3) is 21.5 Å². The normalized spacial score (nSPS) is 11.7. The molecule has 25 heavy (non-hydrogen) atoms. The molecule has 3 rings (SSSR count). The first-order valence-corrected chi connectivity index (χ1v) is 7.37. The summed E-state index contributed by atoms with van der Waals surface area (Å²) in [5, 5.41) is 12.4. The van der Waals surface area contributed by atoms with Crippen LogP contribution in [0.5, 0.6) is 0 Å². The zero-order valence-electron chi connectivity index (χ0n) is 12.8. The number of benzene rings is 3. The number of carbonyl (C=O) groups is 2. The number of rotatable bonds is 4. The minimum atomic E-state index is -5.03. The molecule has 1 radical (unpaired) electrons. The van der Waals surface area contributed by atoms with Crippen molar-refractivity contribution in [3.63, 3.8) is 0 Å². The molecule has 0 aromatic heterocycles. The van der Waals surface area contributed by atoms with Gasteiger partial charge in [0, 0.05) is 5.56 Å². The fourth-order valence-electron chi connectivity index (χ4n) is 2.77. The van der Waals surface area contributed by atoms with Gasteiger partial charge in [-0.2, -0.15) is 13.2 Å². The molecule has 0 saturated carbocycles. The van der Waals surface area contributed by atoms with E-state index in [4.69, 9.17) is 0 Å². The summed E-state index contributed by atoms with van der Waals surface area (Å²) >= 11 is 0. The Balaban J connectivity index is 2.07. The first kappa shape index (κ1) is 17.2. The van der Waals surface area contributed by atoms with Gasteiger partial charge in [0.1, 0.15) is 0 Å². The van der Waals surface area contributed by atoms with Crippen molar-refractivity contribution in [3.05, 3.63) is 54.1 Å². The highest BCUT2D eigenvalue weighted by atomic mass is 19.4. The molecule has 1 N–H and O–H groups in total. The third-order valence-electron chi connectivity index (χ3n) is 3.99. The van der Waals surface area contributed by atoms with Crippen molar-refractivity contribution >= 4 is 46.1 Å². The summed E-state index contributed by atoms with van der Waals surface area (Å²) in [7, 11) is 0.958. The Morgan fingerprint density at radius 1 is 0.960 bits per heavy atom. The third-order valence-corrected chi connectivity index (χ3v) is 3.99. The minimum absolute atomic E-state index is 0.0178. The molecule has 0 bridgehead atoms. The number of Topliss-reactive ketones (excluding diaryl/α,β-unsaturated/α-hetero) is 2. The first-order valence-electron chi connectivity index (χ1n) is 7.37. The van der Waals surface area contributed by atoms with Gasteiger partial charge in [-0.15, -0.1) is 0 Å². The number of alkyl halides is 3. The maximum absolute atomic E-state index is 12.3. The summed E-state index contributed by atoms with van der Waals surface area (Å²) in [6, 6.07) is 13.4. The zero-order chi connectivity index (χ0) is 18.2. The first-order chi connectivity index (χ1) is 11.8. The second-order valence-corrected chi connectivity index (χ2v) is 5.60. The topological polar surface area (TPSA) is 54.4 Å². The van der Waals surface area contributed by atoms with Crippen LogP contribution >= 0.6 is 0 Å². The molecule has 125 valence electrons. The van der Waals surface area contributed by atoms with Crippen LogP contribution < -0.4 is 5.46 Å². The molecule has 0 saturated heterocycles. The van der Waals surface area contributed by atoms with Crippen LogP contribution in [0.4, 0.5) is 13.2 Å². The van der Waals surface area contributed by atoms with Gasteiger partial charge in [-0.1, -0.05) is 36.4 Å². The van der Waals surface area contributed by atoms with Crippen LogP contribution in [-0.4, -0.2) is 30.2 Å². The van der Waals surface area contributed by atoms with Gasteiger partial charge >= 0.3 is 13.7 Å². The summed E-state index contributed by atoms with van der Waals surface area (Å²) in [6.45, 7) is 0. The Bertz CT molecular complexity index is 996. The number of halogens is 3. The number of hydrogen-bond acceptors (Lipinski definition) is 3. The smallest absolute Gasteiger partial charge is 0.450 e. The van der Waals surface area contributed by atoms with Crippen molar-refractivity contribution in [1.82, 2.24) is 0 Å². The molecule has 0 spiro atoms. The Morgan fingerprint density at radius 2 is 1.64 bits per heavy atom. The van der Waals surface area contributed by atoms with Gasteiger partial charge in [-0.25, -0.2) is 0 Å². The quantitative estimate of drug-likeness (QED) is 0.343. The number of hydrogen-bond donors (Lipinski definition) is 1. The highest BCUT2D eigenvalue weighted by molar-refractivity contribution is 6.55. The maximum Gasteiger partial charge on any atom is 0.450 e. The Labute approximate surface area is 141 Å². The van der Waals surface area contributed by atoms with Gasteiger partial charge in [-0.05, 0) is 39.1 Å². The Hall–Kier alpha value is -2.67. The van der Waals surface area contributed by atoms with E-state index in [-0.39, 0.29) is 5.56 Å². The van der Waals surface area contributed by atoms with Crippen molar-refractivity contribution < 1.29 is 27.8 Å². The molecule has 7 heteroatoms. The van der Waals surface area contributed by atoms with Gasteiger partial charge in [0.2, 0.25) is 5.78 Å². The molecule has 0 amide bonds. The Morgan fingerprint density at radius 3 is 2.32 bits per heavy atom. The van der Waals surface area contributed by atoms with E-state index in [9.17, 15) is 27.8 Å². The monoisotopic (exact) mass is 343 g/mol. The molecule has 0 aliphatic heterocycles. The summed E-state index contributed by atoms with van der Waals surface area (Å²) in [5.41, 5.74) is 0.572. The largest absolute Gasteiger partial charge is 0.450 e. The molecule has 0 aliphatic rings. The average molecular weight is 343 g/mol. The predicted octanol–water partition coefficient (Wildman–Crippen LogP) is 2.93. The van der Waals surface area contributed by atoms with Gasteiger partial charge in [0.15, 0.2) is 5.78 Å². The molecule has 3 aromatic rings. The van der Waals surface area contributed by atoms with Gasteiger partial charge in [0.25, 0.3) is 0 Å². The van der Waals surface area contributed by atoms with Crippen molar-refractivity contribution in [2.45, 2.75) is 12.6 Å². The van der Waals surface area contributed by atoms with Crippen LogP contribution in [0.15, 0.2) is 48.5 Å². The molecule has 0 aliphatic carbocycles. The molecular formula is C18H11BF3O3. The second kappa shape index (κ2) is 6.33. The van der Waals surface area contributed by atoms with Crippen LogP contribution in [0.3, 0.4) is 0 Å².